The number of aromatic amines is 1. The topological polar surface area (TPSA) is 57.2 Å². The van der Waals surface area contributed by atoms with Gasteiger partial charge in [-0.2, -0.15) is 5.10 Å². The number of rotatable bonds is 3. The van der Waals surface area contributed by atoms with Crippen LogP contribution in [0.2, 0.25) is 0 Å². The summed E-state index contributed by atoms with van der Waals surface area (Å²) in [6, 6.07) is 8.38. The third-order valence-corrected chi connectivity index (χ3v) is 4.82. The van der Waals surface area contributed by atoms with Crippen LogP contribution in [0.25, 0.3) is 10.9 Å². The van der Waals surface area contributed by atoms with Crippen LogP contribution in [0.5, 0.6) is 0 Å². The number of aromatic nitrogens is 3. The Balaban J connectivity index is 1.51. The predicted molar refractivity (Wildman–Crippen MR) is 97.2 cm³/mol. The molecule has 3 aromatic rings. The lowest BCUT2D eigenvalue weighted by atomic mass is 10.2. The molecule has 0 aliphatic carbocycles. The normalized spacial score (nSPS) is 15.0. The van der Waals surface area contributed by atoms with E-state index < -0.39 is 0 Å². The summed E-state index contributed by atoms with van der Waals surface area (Å²) < 4.78 is 15.3. The van der Waals surface area contributed by atoms with Gasteiger partial charge in [0.2, 0.25) is 0 Å². The number of fused-ring (bicyclic) bond motifs is 2. The number of nitrogens with zero attached hydrogens (tertiary/aromatic N) is 4. The van der Waals surface area contributed by atoms with Crippen LogP contribution < -0.4 is 0 Å². The van der Waals surface area contributed by atoms with E-state index in [9.17, 15) is 9.18 Å². The van der Waals surface area contributed by atoms with Crippen LogP contribution in [0.15, 0.2) is 30.3 Å². The second kappa shape index (κ2) is 6.57. The van der Waals surface area contributed by atoms with Gasteiger partial charge in [-0.3, -0.25) is 9.48 Å². The Morgan fingerprint density at radius 2 is 2.15 bits per heavy atom. The van der Waals surface area contributed by atoms with Crippen molar-refractivity contribution in [2.45, 2.75) is 26.1 Å². The van der Waals surface area contributed by atoms with Gasteiger partial charge >= 0.3 is 0 Å². The Labute approximate surface area is 151 Å². The van der Waals surface area contributed by atoms with E-state index >= 15 is 0 Å². The van der Waals surface area contributed by atoms with Gasteiger partial charge in [0, 0.05) is 43.3 Å². The molecule has 0 unspecified atom stereocenters. The van der Waals surface area contributed by atoms with E-state index in [4.69, 9.17) is 0 Å². The van der Waals surface area contributed by atoms with Crippen LogP contribution in [0.4, 0.5) is 4.39 Å². The Hall–Kier alpha value is -2.67. The first-order valence-corrected chi connectivity index (χ1v) is 8.77. The summed E-state index contributed by atoms with van der Waals surface area (Å²) in [5, 5.41) is 5.30. The molecule has 1 aliphatic rings. The molecule has 3 heterocycles. The van der Waals surface area contributed by atoms with Gasteiger partial charge in [-0.15, -0.1) is 0 Å². The third-order valence-electron chi connectivity index (χ3n) is 4.82. The highest BCUT2D eigenvalue weighted by molar-refractivity contribution is 5.92. The van der Waals surface area contributed by atoms with Gasteiger partial charge in [0.15, 0.2) is 5.69 Å². The molecule has 1 aliphatic heterocycles. The van der Waals surface area contributed by atoms with Crippen molar-refractivity contribution in [2.75, 3.05) is 20.6 Å². The first kappa shape index (κ1) is 16.8. The van der Waals surface area contributed by atoms with Crippen molar-refractivity contribution in [3.05, 3.63) is 53.2 Å². The Morgan fingerprint density at radius 3 is 3.00 bits per heavy atom. The zero-order valence-corrected chi connectivity index (χ0v) is 15.0. The summed E-state index contributed by atoms with van der Waals surface area (Å²) in [5.74, 6) is -0.380. The van der Waals surface area contributed by atoms with Crippen molar-refractivity contribution >= 4 is 16.8 Å². The lowest BCUT2D eigenvalue weighted by molar-refractivity contribution is 0.0777. The zero-order chi connectivity index (χ0) is 18.3. The van der Waals surface area contributed by atoms with Crippen molar-refractivity contribution in [3.8, 4) is 0 Å². The molecule has 136 valence electrons. The number of carbonyl (C=O) groups is 1. The maximum atomic E-state index is 13.3. The molecular weight excluding hydrogens is 333 g/mol. The van der Waals surface area contributed by atoms with Crippen molar-refractivity contribution in [1.29, 1.82) is 0 Å². The van der Waals surface area contributed by atoms with E-state index in [1.54, 1.807) is 18.0 Å². The molecular formula is C19H22FN5O. The number of hydrogen-bond donors (Lipinski definition) is 1. The van der Waals surface area contributed by atoms with E-state index in [0.717, 1.165) is 48.3 Å². The molecule has 2 aromatic heterocycles. The highest BCUT2D eigenvalue weighted by Crippen LogP contribution is 2.19. The summed E-state index contributed by atoms with van der Waals surface area (Å²) in [7, 11) is 3.83. The largest absolute Gasteiger partial charge is 0.357 e. The molecule has 0 atom stereocenters. The average Bonchev–Trinajstić information content (AvgIpc) is 3.13. The minimum atomic E-state index is -0.267. The quantitative estimate of drug-likeness (QED) is 0.786. The van der Waals surface area contributed by atoms with Crippen LogP contribution in [0.1, 0.15) is 28.3 Å². The fraction of sp³-hybridized carbons (Fsp3) is 0.368. The van der Waals surface area contributed by atoms with E-state index in [-0.39, 0.29) is 11.7 Å². The number of H-pyrrole nitrogens is 1. The second-order valence-corrected chi connectivity index (χ2v) is 7.02. The first-order chi connectivity index (χ1) is 12.5. The summed E-state index contributed by atoms with van der Waals surface area (Å²) in [4.78, 5) is 19.9. The lowest BCUT2D eigenvalue weighted by Crippen LogP contribution is -2.27. The molecule has 0 saturated heterocycles. The number of halogens is 1. The maximum Gasteiger partial charge on any atom is 0.274 e. The summed E-state index contributed by atoms with van der Waals surface area (Å²) >= 11 is 0. The number of carbonyl (C=O) groups excluding carboxylic acids is 1. The number of hydrogen-bond acceptors (Lipinski definition) is 3. The highest BCUT2D eigenvalue weighted by Gasteiger charge is 2.20. The Bertz CT molecular complexity index is 960. The molecule has 7 heteroatoms. The molecule has 0 bridgehead atoms. The van der Waals surface area contributed by atoms with Crippen LogP contribution in [0, 0.1) is 5.82 Å². The Kier molecular flexibility index (Phi) is 4.24. The minimum absolute atomic E-state index is 0.113. The summed E-state index contributed by atoms with van der Waals surface area (Å²) in [6.45, 7) is 3.09. The fourth-order valence-electron chi connectivity index (χ4n) is 3.50. The molecule has 4 rings (SSSR count). The number of aryl methyl sites for hydroxylation is 1. The molecule has 1 N–H and O–H groups in total. The van der Waals surface area contributed by atoms with Crippen molar-refractivity contribution in [3.63, 3.8) is 0 Å². The van der Waals surface area contributed by atoms with Gasteiger partial charge in [-0.25, -0.2) is 4.39 Å². The number of benzene rings is 1. The molecule has 0 spiro atoms. The fourth-order valence-corrected chi connectivity index (χ4v) is 3.50. The van der Waals surface area contributed by atoms with Crippen molar-refractivity contribution in [1.82, 2.24) is 24.6 Å². The monoisotopic (exact) mass is 355 g/mol. The highest BCUT2D eigenvalue weighted by atomic mass is 19.1. The van der Waals surface area contributed by atoms with Crippen LogP contribution in [-0.2, 0) is 19.6 Å². The van der Waals surface area contributed by atoms with Gasteiger partial charge in [0.25, 0.3) is 5.91 Å². The molecule has 1 amide bonds. The SMILES string of the molecule is CN1CCCn2nc(C(=O)N(C)Cc3cc4cc(F)ccc4[nH]3)cc2C1. The molecule has 0 radical (unpaired) electrons. The molecule has 6 nitrogen and oxygen atoms in total. The van der Waals surface area contributed by atoms with Gasteiger partial charge in [-0.05, 0) is 43.8 Å². The molecule has 26 heavy (non-hydrogen) atoms. The maximum absolute atomic E-state index is 13.3. The first-order valence-electron chi connectivity index (χ1n) is 8.77. The standard InChI is InChI=1S/C19H22FN5O/c1-23-6-3-7-25-16(12-23)10-18(22-25)19(26)24(2)11-15-9-13-8-14(20)4-5-17(13)21-15/h4-5,8-10,21H,3,6-7,11-12H2,1-2H3. The smallest absolute Gasteiger partial charge is 0.274 e. The van der Waals surface area contributed by atoms with Crippen molar-refractivity contribution in [2.24, 2.45) is 0 Å². The average molecular weight is 355 g/mol. The number of nitrogens with one attached hydrogen (secondary N) is 1. The van der Waals surface area contributed by atoms with E-state index in [2.05, 4.69) is 22.0 Å². The van der Waals surface area contributed by atoms with Gasteiger partial charge < -0.3 is 14.8 Å². The van der Waals surface area contributed by atoms with E-state index in [1.165, 1.54) is 12.1 Å². The van der Waals surface area contributed by atoms with Gasteiger partial charge in [0.05, 0.1) is 12.2 Å². The van der Waals surface area contributed by atoms with Crippen molar-refractivity contribution < 1.29 is 9.18 Å². The van der Waals surface area contributed by atoms with Crippen LogP contribution in [0.3, 0.4) is 0 Å². The molecule has 0 saturated carbocycles. The second-order valence-electron chi connectivity index (χ2n) is 7.02. The lowest BCUT2D eigenvalue weighted by Gasteiger charge is -2.15. The predicted octanol–water partition coefficient (Wildman–Crippen LogP) is 2.61. The third kappa shape index (κ3) is 3.22. The van der Waals surface area contributed by atoms with Gasteiger partial charge in [-0.1, -0.05) is 0 Å². The molecule has 0 fully saturated rings. The summed E-state index contributed by atoms with van der Waals surface area (Å²) in [5.41, 5.74) is 3.27. The Morgan fingerprint density at radius 1 is 1.31 bits per heavy atom. The van der Waals surface area contributed by atoms with Gasteiger partial charge in [0.1, 0.15) is 5.82 Å². The summed E-state index contributed by atoms with van der Waals surface area (Å²) in [6.07, 6.45) is 1.03. The zero-order valence-electron chi connectivity index (χ0n) is 15.0. The molecule has 1 aromatic carbocycles. The van der Waals surface area contributed by atoms with Crippen LogP contribution in [-0.4, -0.2) is 51.1 Å². The van der Waals surface area contributed by atoms with Crippen LogP contribution >= 0.6 is 0 Å². The number of amides is 1. The van der Waals surface area contributed by atoms with E-state index in [0.29, 0.717) is 12.2 Å². The van der Waals surface area contributed by atoms with E-state index in [1.807, 2.05) is 16.8 Å². The minimum Gasteiger partial charge on any atom is -0.357 e.